The minimum absolute atomic E-state index is 0.0112. The Bertz CT molecular complexity index is 572. The molecule has 0 aromatic carbocycles. The number of rotatable bonds is 12. The van der Waals surface area contributed by atoms with Crippen molar-refractivity contribution in [1.29, 1.82) is 0 Å². The summed E-state index contributed by atoms with van der Waals surface area (Å²) in [4.78, 5) is 0. The van der Waals surface area contributed by atoms with E-state index >= 15 is 0 Å². The Hall–Kier alpha value is -0.823. The second kappa shape index (κ2) is 12.1. The summed E-state index contributed by atoms with van der Waals surface area (Å²) in [5, 5.41) is 14.5. The van der Waals surface area contributed by atoms with Gasteiger partial charge in [-0.05, 0) is 37.3 Å². The Kier molecular flexibility index (Phi) is 10.2. The van der Waals surface area contributed by atoms with Crippen molar-refractivity contribution in [3.8, 4) is 0 Å². The van der Waals surface area contributed by atoms with Gasteiger partial charge in [0.2, 0.25) is 0 Å². The first kappa shape index (κ1) is 24.4. The molecule has 29 heavy (non-hydrogen) atoms. The minimum atomic E-state index is -2.54. The van der Waals surface area contributed by atoms with Gasteiger partial charge in [0.15, 0.2) is 10.2 Å². The van der Waals surface area contributed by atoms with Gasteiger partial charge in [-0.3, -0.25) is 0 Å². The van der Waals surface area contributed by atoms with Crippen LogP contribution < -0.4 is 21.3 Å². The van der Waals surface area contributed by atoms with Crippen molar-refractivity contribution in [1.82, 2.24) is 21.3 Å². The lowest BCUT2D eigenvalue weighted by Gasteiger charge is -2.29. The molecule has 1 saturated heterocycles. The van der Waals surface area contributed by atoms with Gasteiger partial charge in [-0.1, -0.05) is 25.5 Å². The van der Waals surface area contributed by atoms with Crippen LogP contribution in [-0.2, 0) is 18.0 Å². The van der Waals surface area contributed by atoms with Crippen LogP contribution in [-0.4, -0.2) is 77.7 Å². The Balaban J connectivity index is 1.77. The summed E-state index contributed by atoms with van der Waals surface area (Å²) in [5.41, 5.74) is 0. The molecule has 2 heterocycles. The first-order valence-corrected chi connectivity index (χ1v) is 12.8. The molecule has 0 saturated carbocycles. The number of unbranched alkanes of at least 4 members (excludes halogenated alkanes) is 1. The summed E-state index contributed by atoms with van der Waals surface area (Å²) in [5.74, 6) is 0. The molecule has 0 aromatic heterocycles. The summed E-state index contributed by atoms with van der Waals surface area (Å²) in [6.07, 6.45) is 7.16. The lowest BCUT2D eigenvalue weighted by molar-refractivity contribution is 0.111. The normalized spacial score (nSPS) is 25.1. The Labute approximate surface area is 185 Å². The van der Waals surface area contributed by atoms with E-state index in [1.165, 1.54) is 0 Å². The highest BCUT2D eigenvalue weighted by Gasteiger charge is 2.46. The standard InChI is InChI=1S/C18H34N4O4S2Si/c1-5-6-10-19-17(27)21-15-13-8-9-14(26-13)16(15)22-18(28)20-11-7-12-29(23-2,24-3)25-4/h8-9,13-16H,5-7,10-12H2,1-4H3,(H2,19,21,27)(H2,20,22,28). The van der Waals surface area contributed by atoms with E-state index in [0.29, 0.717) is 22.8 Å². The molecule has 4 N–H and O–H groups in total. The van der Waals surface area contributed by atoms with E-state index in [1.54, 1.807) is 21.3 Å². The molecule has 4 unspecified atom stereocenters. The van der Waals surface area contributed by atoms with E-state index in [9.17, 15) is 0 Å². The molecule has 0 amide bonds. The number of hydrogen-bond donors (Lipinski definition) is 4. The van der Waals surface area contributed by atoms with Crippen molar-refractivity contribution in [2.24, 2.45) is 0 Å². The van der Waals surface area contributed by atoms with Crippen LogP contribution in [0.2, 0.25) is 6.04 Å². The summed E-state index contributed by atoms with van der Waals surface area (Å²) < 4.78 is 22.3. The van der Waals surface area contributed by atoms with Crippen LogP contribution in [0.3, 0.4) is 0 Å². The maximum atomic E-state index is 5.98. The van der Waals surface area contributed by atoms with E-state index in [4.69, 9.17) is 42.5 Å². The molecule has 0 aliphatic carbocycles. The van der Waals surface area contributed by atoms with Gasteiger partial charge < -0.3 is 39.3 Å². The zero-order valence-corrected chi connectivity index (χ0v) is 20.3. The largest absolute Gasteiger partial charge is 0.500 e. The molecule has 2 rings (SSSR count). The number of ether oxygens (including phenoxy) is 1. The summed E-state index contributed by atoms with van der Waals surface area (Å²) in [6.45, 7) is 3.72. The zero-order chi connectivity index (χ0) is 21.3. The highest BCUT2D eigenvalue weighted by atomic mass is 32.1. The van der Waals surface area contributed by atoms with E-state index < -0.39 is 8.80 Å². The van der Waals surface area contributed by atoms with Crippen LogP contribution >= 0.6 is 24.4 Å². The maximum Gasteiger partial charge on any atom is 0.500 e. The fraction of sp³-hybridized carbons (Fsp3) is 0.778. The van der Waals surface area contributed by atoms with Crippen LogP contribution in [0.4, 0.5) is 0 Å². The third-order valence-electron chi connectivity index (χ3n) is 5.19. The molecule has 1 fully saturated rings. The zero-order valence-electron chi connectivity index (χ0n) is 17.7. The first-order chi connectivity index (χ1) is 14.0. The van der Waals surface area contributed by atoms with Crippen LogP contribution in [0, 0.1) is 0 Å². The molecule has 2 aliphatic rings. The van der Waals surface area contributed by atoms with Crippen molar-refractivity contribution in [2.45, 2.75) is 56.5 Å². The van der Waals surface area contributed by atoms with Gasteiger partial charge >= 0.3 is 8.80 Å². The predicted molar refractivity (Wildman–Crippen MR) is 124 cm³/mol. The fourth-order valence-corrected chi connectivity index (χ4v) is 5.70. The quantitative estimate of drug-likeness (QED) is 0.146. The van der Waals surface area contributed by atoms with Crippen LogP contribution in [0.5, 0.6) is 0 Å². The first-order valence-electron chi connectivity index (χ1n) is 10.1. The van der Waals surface area contributed by atoms with Crippen LogP contribution in [0.1, 0.15) is 26.2 Å². The average molecular weight is 463 g/mol. The van der Waals surface area contributed by atoms with Crippen LogP contribution in [0.15, 0.2) is 12.2 Å². The molecule has 11 heteroatoms. The highest BCUT2D eigenvalue weighted by molar-refractivity contribution is 7.80. The predicted octanol–water partition coefficient (Wildman–Crippen LogP) is 1.06. The lowest BCUT2D eigenvalue weighted by atomic mass is 9.96. The minimum Gasteiger partial charge on any atom is -0.377 e. The van der Waals surface area contributed by atoms with E-state index in [0.717, 1.165) is 25.8 Å². The lowest BCUT2D eigenvalue weighted by Crippen LogP contribution is -2.59. The molecule has 2 aliphatic heterocycles. The maximum absolute atomic E-state index is 5.98. The van der Waals surface area contributed by atoms with Crippen molar-refractivity contribution in [3.05, 3.63) is 12.2 Å². The second-order valence-electron chi connectivity index (χ2n) is 7.05. The Morgan fingerprint density at radius 1 is 0.897 bits per heavy atom. The Morgan fingerprint density at radius 2 is 1.38 bits per heavy atom. The fourth-order valence-electron chi connectivity index (χ4n) is 3.50. The number of thiocarbonyl (C=S) groups is 2. The SMILES string of the molecule is CCCCNC(=S)NC1C2C=CC(O2)C1NC(=S)NCCC[Si](OC)(OC)OC. The molecule has 2 bridgehead atoms. The molecule has 0 spiro atoms. The van der Waals surface area contributed by atoms with Gasteiger partial charge in [-0.2, -0.15) is 0 Å². The molecule has 0 radical (unpaired) electrons. The van der Waals surface area contributed by atoms with Gasteiger partial charge in [-0.15, -0.1) is 0 Å². The third-order valence-corrected chi connectivity index (χ3v) is 8.55. The molecule has 166 valence electrons. The van der Waals surface area contributed by atoms with Gasteiger partial charge in [-0.25, -0.2) is 0 Å². The van der Waals surface area contributed by atoms with E-state index in [2.05, 4.69) is 40.3 Å². The molecular weight excluding hydrogens is 428 g/mol. The van der Waals surface area contributed by atoms with Gasteiger partial charge in [0.05, 0.1) is 24.3 Å². The van der Waals surface area contributed by atoms with Crippen molar-refractivity contribution in [2.75, 3.05) is 34.4 Å². The number of nitrogens with one attached hydrogen (secondary N) is 4. The summed E-state index contributed by atoms with van der Waals surface area (Å²) >= 11 is 10.9. The molecular formula is C18H34N4O4S2Si. The summed E-state index contributed by atoms with van der Waals surface area (Å²) in [7, 11) is 2.32. The molecule has 0 aromatic rings. The van der Waals surface area contributed by atoms with Crippen molar-refractivity contribution >= 4 is 43.5 Å². The molecule has 8 nitrogen and oxygen atoms in total. The monoisotopic (exact) mass is 462 g/mol. The number of fused-ring (bicyclic) bond motifs is 2. The smallest absolute Gasteiger partial charge is 0.377 e. The Morgan fingerprint density at radius 3 is 1.83 bits per heavy atom. The third kappa shape index (κ3) is 6.84. The van der Waals surface area contributed by atoms with E-state index in [-0.39, 0.29) is 24.3 Å². The second-order valence-corrected chi connectivity index (χ2v) is 11.0. The van der Waals surface area contributed by atoms with Gasteiger partial charge in [0.25, 0.3) is 0 Å². The topological polar surface area (TPSA) is 85.0 Å². The van der Waals surface area contributed by atoms with Gasteiger partial charge in [0, 0.05) is 40.5 Å². The van der Waals surface area contributed by atoms with Crippen molar-refractivity contribution < 1.29 is 18.0 Å². The highest BCUT2D eigenvalue weighted by Crippen LogP contribution is 2.29. The molecule has 4 atom stereocenters. The van der Waals surface area contributed by atoms with Crippen molar-refractivity contribution in [3.63, 3.8) is 0 Å². The van der Waals surface area contributed by atoms with Gasteiger partial charge in [0.1, 0.15) is 0 Å². The summed E-state index contributed by atoms with van der Waals surface area (Å²) in [6, 6.07) is 0.761. The van der Waals surface area contributed by atoms with E-state index in [1.807, 2.05) is 0 Å². The number of hydrogen-bond acceptors (Lipinski definition) is 6. The van der Waals surface area contributed by atoms with Crippen LogP contribution in [0.25, 0.3) is 0 Å². The average Bonchev–Trinajstić information content (AvgIpc) is 3.32.